The minimum absolute atomic E-state index is 0.0430. The predicted molar refractivity (Wildman–Crippen MR) is 65.2 cm³/mol. The van der Waals surface area contributed by atoms with E-state index < -0.39 is 18.0 Å². The molecule has 0 bridgehead atoms. The molecule has 9 heteroatoms. The zero-order chi connectivity index (χ0) is 15.3. The first-order valence-corrected chi connectivity index (χ1v) is 5.18. The van der Waals surface area contributed by atoms with E-state index in [-0.39, 0.29) is 5.82 Å². The number of amides is 1. The minimum atomic E-state index is -4.48. The van der Waals surface area contributed by atoms with Crippen LogP contribution in [0, 0.1) is 0 Å². The normalized spacial score (nSPS) is 10.6. The molecule has 0 aliphatic heterocycles. The molecular formula is C11H11F3N4O2. The quantitative estimate of drug-likeness (QED) is 0.746. The second-order valence-corrected chi connectivity index (χ2v) is 3.54. The Bertz CT molecular complexity index is 577. The molecule has 20 heavy (non-hydrogen) atoms. The van der Waals surface area contributed by atoms with Gasteiger partial charge in [-0.1, -0.05) is 18.2 Å². The largest absolute Gasteiger partial charge is 0.465 e. The smallest absolute Gasteiger partial charge is 0.435 e. The van der Waals surface area contributed by atoms with E-state index in [1.165, 1.54) is 0 Å². The average Bonchev–Trinajstić information content (AvgIpc) is 2.71. The summed E-state index contributed by atoms with van der Waals surface area (Å²) in [5.74, 6) is -0.0430. The van der Waals surface area contributed by atoms with E-state index in [4.69, 9.17) is 15.6 Å². The van der Waals surface area contributed by atoms with Gasteiger partial charge in [-0.15, -0.1) is 0 Å². The molecule has 1 heterocycles. The van der Waals surface area contributed by atoms with Crippen molar-refractivity contribution in [3.8, 4) is 5.69 Å². The van der Waals surface area contributed by atoms with Gasteiger partial charge in [0.2, 0.25) is 0 Å². The number of nitrogens with two attached hydrogens (primary N) is 2. The molecule has 108 valence electrons. The number of carbonyl (C=O) groups is 1. The Labute approximate surface area is 111 Å². The Hall–Kier alpha value is -2.71. The average molecular weight is 288 g/mol. The first-order valence-electron chi connectivity index (χ1n) is 5.18. The summed E-state index contributed by atoms with van der Waals surface area (Å²) in [5.41, 5.74) is 9.00. The Kier molecular flexibility index (Phi) is 4.57. The van der Waals surface area contributed by atoms with Crippen LogP contribution in [-0.4, -0.2) is 21.0 Å². The van der Waals surface area contributed by atoms with Crippen molar-refractivity contribution in [2.24, 2.45) is 5.73 Å². The summed E-state index contributed by atoms with van der Waals surface area (Å²) in [6.07, 6.45) is -5.81. The lowest BCUT2D eigenvalue weighted by molar-refractivity contribution is -0.141. The Morgan fingerprint density at radius 3 is 2.15 bits per heavy atom. The number of nitrogen functional groups attached to an aromatic ring is 1. The highest BCUT2D eigenvalue weighted by atomic mass is 19.4. The number of nitrogens with zero attached hydrogens (tertiary/aromatic N) is 2. The lowest BCUT2D eigenvalue weighted by Gasteiger charge is -2.03. The number of hydrogen-bond acceptors (Lipinski definition) is 3. The van der Waals surface area contributed by atoms with Crippen molar-refractivity contribution in [3.63, 3.8) is 0 Å². The first kappa shape index (κ1) is 15.3. The number of rotatable bonds is 1. The van der Waals surface area contributed by atoms with Gasteiger partial charge in [0.25, 0.3) is 0 Å². The molecule has 0 saturated carbocycles. The monoisotopic (exact) mass is 288 g/mol. The highest BCUT2D eigenvalue weighted by Crippen LogP contribution is 2.30. The van der Waals surface area contributed by atoms with E-state index in [1.807, 2.05) is 0 Å². The van der Waals surface area contributed by atoms with Crippen LogP contribution in [0.15, 0.2) is 36.4 Å². The van der Waals surface area contributed by atoms with Crippen molar-refractivity contribution >= 4 is 11.9 Å². The Balaban J connectivity index is 0.000000444. The molecule has 0 radical (unpaired) electrons. The lowest BCUT2D eigenvalue weighted by Crippen LogP contribution is -2.07. The number of halogens is 3. The summed E-state index contributed by atoms with van der Waals surface area (Å²) in [6.45, 7) is 0. The van der Waals surface area contributed by atoms with Crippen LogP contribution in [0.3, 0.4) is 0 Å². The van der Waals surface area contributed by atoms with E-state index in [1.54, 1.807) is 30.3 Å². The first-order chi connectivity index (χ1) is 9.21. The zero-order valence-corrected chi connectivity index (χ0v) is 10.0. The maximum absolute atomic E-state index is 12.4. The van der Waals surface area contributed by atoms with Crippen LogP contribution in [-0.2, 0) is 6.18 Å². The minimum Gasteiger partial charge on any atom is -0.465 e. The molecule has 0 atom stereocenters. The second kappa shape index (κ2) is 5.95. The molecule has 0 unspecified atom stereocenters. The number of alkyl halides is 3. The number of aromatic nitrogens is 2. The summed E-state index contributed by atoms with van der Waals surface area (Å²) in [6, 6.07) is 9.22. The maximum atomic E-state index is 12.4. The molecule has 1 aromatic carbocycles. The van der Waals surface area contributed by atoms with E-state index in [0.717, 1.165) is 10.7 Å². The molecule has 0 saturated heterocycles. The predicted octanol–water partition coefficient (Wildman–Crippen LogP) is 2.10. The van der Waals surface area contributed by atoms with Crippen molar-refractivity contribution in [2.75, 3.05) is 5.73 Å². The van der Waals surface area contributed by atoms with Gasteiger partial charge in [-0.3, -0.25) is 0 Å². The van der Waals surface area contributed by atoms with Crippen LogP contribution >= 0.6 is 0 Å². The van der Waals surface area contributed by atoms with E-state index in [0.29, 0.717) is 5.69 Å². The van der Waals surface area contributed by atoms with Crippen LogP contribution < -0.4 is 11.5 Å². The van der Waals surface area contributed by atoms with Gasteiger partial charge >= 0.3 is 12.3 Å². The second-order valence-electron chi connectivity index (χ2n) is 3.54. The fourth-order valence-electron chi connectivity index (χ4n) is 1.31. The zero-order valence-electron chi connectivity index (χ0n) is 10.0. The van der Waals surface area contributed by atoms with Gasteiger partial charge in [0.05, 0.1) is 5.69 Å². The fourth-order valence-corrected chi connectivity index (χ4v) is 1.31. The molecule has 0 spiro atoms. The van der Waals surface area contributed by atoms with Gasteiger partial charge in [-0.05, 0) is 12.1 Å². The maximum Gasteiger partial charge on any atom is 0.435 e. The van der Waals surface area contributed by atoms with Gasteiger partial charge in [0, 0.05) is 6.07 Å². The van der Waals surface area contributed by atoms with E-state index in [9.17, 15) is 13.2 Å². The highest BCUT2D eigenvalue weighted by molar-refractivity contribution is 5.61. The topological polar surface area (TPSA) is 107 Å². The number of anilines is 1. The lowest BCUT2D eigenvalue weighted by atomic mass is 10.3. The van der Waals surface area contributed by atoms with Crippen LogP contribution in [0.5, 0.6) is 0 Å². The Morgan fingerprint density at radius 2 is 1.75 bits per heavy atom. The van der Waals surface area contributed by atoms with Crippen molar-refractivity contribution < 1.29 is 23.1 Å². The van der Waals surface area contributed by atoms with Gasteiger partial charge in [0.1, 0.15) is 5.82 Å². The Morgan fingerprint density at radius 1 is 1.25 bits per heavy atom. The van der Waals surface area contributed by atoms with Crippen molar-refractivity contribution in [3.05, 3.63) is 42.1 Å². The highest BCUT2D eigenvalue weighted by Gasteiger charge is 2.34. The van der Waals surface area contributed by atoms with Crippen LogP contribution in [0.25, 0.3) is 5.69 Å². The number of primary amides is 1. The summed E-state index contributed by atoms with van der Waals surface area (Å²) in [7, 11) is 0. The molecule has 0 aliphatic rings. The summed E-state index contributed by atoms with van der Waals surface area (Å²) >= 11 is 0. The summed E-state index contributed by atoms with van der Waals surface area (Å²) in [4.78, 5) is 8.78. The third-order valence-electron chi connectivity index (χ3n) is 2.03. The van der Waals surface area contributed by atoms with Crippen LogP contribution in [0.1, 0.15) is 5.69 Å². The molecule has 0 aliphatic carbocycles. The molecule has 1 amide bonds. The van der Waals surface area contributed by atoms with Gasteiger partial charge < -0.3 is 16.6 Å². The van der Waals surface area contributed by atoms with Crippen LogP contribution in [0.4, 0.5) is 23.8 Å². The molecule has 5 N–H and O–H groups in total. The molecule has 2 rings (SSSR count). The van der Waals surface area contributed by atoms with Crippen molar-refractivity contribution in [1.29, 1.82) is 0 Å². The number of benzene rings is 1. The summed E-state index contributed by atoms with van der Waals surface area (Å²) in [5, 5.41) is 10.6. The molecule has 2 aromatic rings. The van der Waals surface area contributed by atoms with Gasteiger partial charge in [0.15, 0.2) is 5.69 Å². The fraction of sp³-hybridized carbons (Fsp3) is 0.0909. The van der Waals surface area contributed by atoms with Gasteiger partial charge in [-0.25, -0.2) is 9.48 Å². The summed E-state index contributed by atoms with van der Waals surface area (Å²) < 4.78 is 38.2. The van der Waals surface area contributed by atoms with E-state index >= 15 is 0 Å². The third kappa shape index (κ3) is 4.19. The number of para-hydroxylation sites is 1. The molecule has 1 aromatic heterocycles. The molecule has 0 fully saturated rings. The van der Waals surface area contributed by atoms with E-state index in [2.05, 4.69) is 10.8 Å². The molecular weight excluding hydrogens is 277 g/mol. The standard InChI is InChI=1S/C10H8F3N3.CH3NO2/c11-10(12,13)8-6-9(14)16(15-8)7-4-2-1-3-5-7;2-1(3)4/h1-6H,14H2;2H2,(H,3,4). The number of hydrogen-bond donors (Lipinski definition) is 3. The van der Waals surface area contributed by atoms with Gasteiger partial charge in [-0.2, -0.15) is 18.3 Å². The number of carboxylic acid groups (broad SMARTS) is 1. The third-order valence-corrected chi connectivity index (χ3v) is 2.03. The van der Waals surface area contributed by atoms with Crippen LogP contribution in [0.2, 0.25) is 0 Å². The molecule has 6 nitrogen and oxygen atoms in total. The van der Waals surface area contributed by atoms with Crippen molar-refractivity contribution in [1.82, 2.24) is 9.78 Å². The van der Waals surface area contributed by atoms with Crippen molar-refractivity contribution in [2.45, 2.75) is 6.18 Å². The SMILES string of the molecule is NC(=O)O.Nc1cc(C(F)(F)F)nn1-c1ccccc1.